The van der Waals surface area contributed by atoms with Gasteiger partial charge in [-0.15, -0.1) is 0 Å². The van der Waals surface area contributed by atoms with Crippen LogP contribution in [0.1, 0.15) is 51.4 Å². The van der Waals surface area contributed by atoms with Crippen molar-refractivity contribution in [1.29, 1.82) is 0 Å². The highest BCUT2D eigenvalue weighted by Crippen LogP contribution is 2.38. The van der Waals surface area contributed by atoms with E-state index < -0.39 is 5.97 Å². The number of hydrogen-bond acceptors (Lipinski definition) is 3. The van der Waals surface area contributed by atoms with Crippen molar-refractivity contribution in [1.82, 2.24) is 0 Å². The topological polar surface area (TPSA) is 55.8 Å². The quantitative estimate of drug-likeness (QED) is 0.802. The molecule has 2 unspecified atom stereocenters. The Kier molecular flexibility index (Phi) is 3.82. The molecule has 2 fully saturated rings. The van der Waals surface area contributed by atoms with Gasteiger partial charge in [-0.05, 0) is 32.1 Å². The van der Waals surface area contributed by atoms with Crippen molar-refractivity contribution in [2.75, 3.05) is 6.61 Å². The molecule has 92 valence electrons. The van der Waals surface area contributed by atoms with Gasteiger partial charge < -0.3 is 14.6 Å². The normalized spacial score (nSPS) is 34.4. The van der Waals surface area contributed by atoms with Gasteiger partial charge in [-0.3, -0.25) is 4.79 Å². The van der Waals surface area contributed by atoms with Gasteiger partial charge in [0, 0.05) is 19.3 Å². The largest absolute Gasteiger partial charge is 0.481 e. The maximum absolute atomic E-state index is 10.4. The van der Waals surface area contributed by atoms with Crippen molar-refractivity contribution in [3.8, 4) is 0 Å². The predicted molar refractivity (Wildman–Crippen MR) is 58.1 cm³/mol. The van der Waals surface area contributed by atoms with E-state index in [-0.39, 0.29) is 18.3 Å². The second kappa shape index (κ2) is 5.15. The van der Waals surface area contributed by atoms with Crippen LogP contribution in [-0.2, 0) is 14.3 Å². The lowest BCUT2D eigenvalue weighted by atomic mass is 9.96. The highest BCUT2D eigenvalue weighted by molar-refractivity contribution is 5.66. The summed E-state index contributed by atoms with van der Waals surface area (Å²) in [7, 11) is 0. The molecule has 2 rings (SSSR count). The fourth-order valence-electron chi connectivity index (χ4n) is 2.67. The Hall–Kier alpha value is -0.610. The van der Waals surface area contributed by atoms with Crippen molar-refractivity contribution < 1.29 is 19.4 Å². The Morgan fingerprint density at radius 1 is 1.38 bits per heavy atom. The van der Waals surface area contributed by atoms with Gasteiger partial charge in [0.05, 0.1) is 12.7 Å². The van der Waals surface area contributed by atoms with Crippen LogP contribution in [0.25, 0.3) is 0 Å². The van der Waals surface area contributed by atoms with Crippen molar-refractivity contribution in [2.45, 2.75) is 63.3 Å². The van der Waals surface area contributed by atoms with Crippen LogP contribution in [0.5, 0.6) is 0 Å². The molecule has 0 aromatic heterocycles. The number of aliphatic carboxylic acids is 1. The summed E-state index contributed by atoms with van der Waals surface area (Å²) >= 11 is 0. The van der Waals surface area contributed by atoms with E-state index in [2.05, 4.69) is 0 Å². The first-order valence-electron chi connectivity index (χ1n) is 6.24. The zero-order chi connectivity index (χ0) is 11.4. The third-order valence-electron chi connectivity index (χ3n) is 3.45. The van der Waals surface area contributed by atoms with Gasteiger partial charge in [0.1, 0.15) is 0 Å². The minimum absolute atomic E-state index is 0.200. The molecule has 0 saturated carbocycles. The summed E-state index contributed by atoms with van der Waals surface area (Å²) in [5, 5.41) is 8.58. The number of rotatable bonds is 4. The van der Waals surface area contributed by atoms with Crippen LogP contribution >= 0.6 is 0 Å². The van der Waals surface area contributed by atoms with Gasteiger partial charge >= 0.3 is 5.97 Å². The first-order valence-corrected chi connectivity index (χ1v) is 6.24. The summed E-state index contributed by atoms with van der Waals surface area (Å²) in [6.45, 7) is 0.807. The molecule has 2 aliphatic heterocycles. The van der Waals surface area contributed by atoms with Crippen LogP contribution in [0, 0.1) is 0 Å². The maximum Gasteiger partial charge on any atom is 0.303 e. The molecule has 0 bridgehead atoms. The molecule has 2 aliphatic rings. The average molecular weight is 228 g/mol. The molecule has 4 nitrogen and oxygen atoms in total. The number of carboxylic acids is 1. The summed E-state index contributed by atoms with van der Waals surface area (Å²) < 4.78 is 11.7. The molecule has 2 heterocycles. The Bertz CT molecular complexity index is 245. The van der Waals surface area contributed by atoms with E-state index in [1.54, 1.807) is 0 Å². The average Bonchev–Trinajstić information content (AvgIpc) is 2.66. The van der Waals surface area contributed by atoms with Crippen LogP contribution in [0.2, 0.25) is 0 Å². The standard InChI is InChI=1S/C12H20O4/c13-11(14)6-1-4-10-5-2-7-12(16-10)8-3-9-15-12/h10H,1-9H2,(H,13,14). The minimum atomic E-state index is -0.720. The number of ether oxygens (including phenoxy) is 2. The monoisotopic (exact) mass is 228 g/mol. The highest BCUT2D eigenvalue weighted by atomic mass is 16.7. The van der Waals surface area contributed by atoms with Crippen molar-refractivity contribution in [3.63, 3.8) is 0 Å². The SMILES string of the molecule is O=C(O)CCCC1CCCC2(CCCO2)O1. The molecule has 1 spiro atoms. The molecule has 16 heavy (non-hydrogen) atoms. The molecule has 0 radical (unpaired) electrons. The third-order valence-corrected chi connectivity index (χ3v) is 3.45. The van der Waals surface area contributed by atoms with Crippen molar-refractivity contribution in [2.24, 2.45) is 0 Å². The zero-order valence-electron chi connectivity index (χ0n) is 9.61. The maximum atomic E-state index is 10.4. The lowest BCUT2D eigenvalue weighted by Crippen LogP contribution is -2.40. The van der Waals surface area contributed by atoms with E-state index >= 15 is 0 Å². The smallest absolute Gasteiger partial charge is 0.303 e. The summed E-state index contributed by atoms with van der Waals surface area (Å²) in [5.41, 5.74) is 0. The number of hydrogen-bond donors (Lipinski definition) is 1. The molecule has 0 aromatic rings. The molecule has 0 aliphatic carbocycles. The Labute approximate surface area is 95.9 Å². The summed E-state index contributed by atoms with van der Waals surface area (Å²) in [5.74, 6) is -1.03. The molecule has 2 saturated heterocycles. The van der Waals surface area contributed by atoms with E-state index in [4.69, 9.17) is 14.6 Å². The fraction of sp³-hybridized carbons (Fsp3) is 0.917. The van der Waals surface area contributed by atoms with E-state index in [9.17, 15) is 4.79 Å². The molecule has 2 atom stereocenters. The Morgan fingerprint density at radius 3 is 2.88 bits per heavy atom. The fourth-order valence-corrected chi connectivity index (χ4v) is 2.67. The second-order valence-corrected chi connectivity index (χ2v) is 4.78. The number of carbonyl (C=O) groups is 1. The molecular formula is C12H20O4. The third kappa shape index (κ3) is 2.95. The molecule has 0 aromatic carbocycles. The summed E-state index contributed by atoms with van der Waals surface area (Å²) in [6.07, 6.45) is 7.27. The van der Waals surface area contributed by atoms with Gasteiger partial charge in [-0.1, -0.05) is 0 Å². The van der Waals surface area contributed by atoms with E-state index in [0.717, 1.165) is 45.1 Å². The highest BCUT2D eigenvalue weighted by Gasteiger charge is 2.40. The molecular weight excluding hydrogens is 208 g/mol. The molecule has 1 N–H and O–H groups in total. The summed E-state index contributed by atoms with van der Waals surface area (Å²) in [4.78, 5) is 10.4. The molecule has 0 amide bonds. The predicted octanol–water partition coefficient (Wildman–Crippen LogP) is 2.32. The van der Waals surface area contributed by atoms with Gasteiger partial charge in [0.2, 0.25) is 0 Å². The van der Waals surface area contributed by atoms with Gasteiger partial charge in [-0.2, -0.15) is 0 Å². The van der Waals surface area contributed by atoms with Crippen molar-refractivity contribution in [3.05, 3.63) is 0 Å². The second-order valence-electron chi connectivity index (χ2n) is 4.78. The van der Waals surface area contributed by atoms with Gasteiger partial charge in [-0.25, -0.2) is 0 Å². The lowest BCUT2D eigenvalue weighted by molar-refractivity contribution is -0.258. The first kappa shape index (κ1) is 11.9. The first-order chi connectivity index (χ1) is 7.70. The van der Waals surface area contributed by atoms with Crippen LogP contribution < -0.4 is 0 Å². The van der Waals surface area contributed by atoms with Crippen LogP contribution in [0.15, 0.2) is 0 Å². The number of carboxylic acid groups (broad SMARTS) is 1. The van der Waals surface area contributed by atoms with Crippen LogP contribution in [-0.4, -0.2) is 29.6 Å². The zero-order valence-corrected chi connectivity index (χ0v) is 9.61. The summed E-state index contributed by atoms with van der Waals surface area (Å²) in [6, 6.07) is 0. The van der Waals surface area contributed by atoms with Gasteiger partial charge in [0.15, 0.2) is 5.79 Å². The van der Waals surface area contributed by atoms with Crippen molar-refractivity contribution >= 4 is 5.97 Å². The Morgan fingerprint density at radius 2 is 2.19 bits per heavy atom. The lowest BCUT2D eigenvalue weighted by Gasteiger charge is -2.37. The molecule has 4 heteroatoms. The van der Waals surface area contributed by atoms with Crippen LogP contribution in [0.3, 0.4) is 0 Å². The van der Waals surface area contributed by atoms with Gasteiger partial charge in [0.25, 0.3) is 0 Å². The minimum Gasteiger partial charge on any atom is -0.481 e. The van der Waals surface area contributed by atoms with E-state index in [1.807, 2.05) is 0 Å². The van der Waals surface area contributed by atoms with E-state index in [1.165, 1.54) is 0 Å². The Balaban J connectivity index is 1.76. The van der Waals surface area contributed by atoms with Crippen LogP contribution in [0.4, 0.5) is 0 Å². The van der Waals surface area contributed by atoms with E-state index in [0.29, 0.717) is 6.42 Å².